The van der Waals surface area contributed by atoms with Crippen molar-refractivity contribution in [3.05, 3.63) is 59.2 Å². The highest BCUT2D eigenvalue weighted by molar-refractivity contribution is 5.47. The summed E-state index contributed by atoms with van der Waals surface area (Å²) in [6, 6.07) is 14.9. The summed E-state index contributed by atoms with van der Waals surface area (Å²) in [5.74, 6) is 0.892. The smallest absolute Gasteiger partial charge is 0.119 e. The molecule has 2 nitrogen and oxygen atoms in total. The van der Waals surface area contributed by atoms with Crippen LogP contribution in [0.5, 0.6) is 5.75 Å². The highest BCUT2D eigenvalue weighted by Gasteiger charge is 2.10. The Bertz CT molecular complexity index is 560. The van der Waals surface area contributed by atoms with E-state index in [0.717, 1.165) is 18.0 Å². The van der Waals surface area contributed by atoms with Gasteiger partial charge >= 0.3 is 0 Å². The van der Waals surface area contributed by atoms with E-state index in [0.29, 0.717) is 0 Å². The van der Waals surface area contributed by atoms with Crippen molar-refractivity contribution in [2.24, 2.45) is 0 Å². The molecule has 3 rings (SSSR count). The first-order chi connectivity index (χ1) is 9.35. The molecule has 0 unspecified atom stereocenters. The van der Waals surface area contributed by atoms with Crippen molar-refractivity contribution in [2.45, 2.75) is 25.8 Å². The number of benzene rings is 2. The average molecular weight is 253 g/mol. The number of fused-ring (bicyclic) bond motifs is 1. The Balaban J connectivity index is 1.65. The van der Waals surface area contributed by atoms with Crippen LogP contribution in [0.25, 0.3) is 0 Å². The molecule has 2 heteroatoms. The third-order valence-corrected chi connectivity index (χ3v) is 3.75. The van der Waals surface area contributed by atoms with Gasteiger partial charge in [-0.1, -0.05) is 18.2 Å². The summed E-state index contributed by atoms with van der Waals surface area (Å²) < 4.78 is 5.15. The molecule has 0 bridgehead atoms. The summed E-state index contributed by atoms with van der Waals surface area (Å²) in [5, 5.41) is 3.45. The number of methoxy groups -OCH3 is 1. The fraction of sp³-hybridized carbons (Fsp3) is 0.294. The van der Waals surface area contributed by atoms with E-state index in [1.165, 1.54) is 36.0 Å². The molecule has 0 aliphatic heterocycles. The fourth-order valence-corrected chi connectivity index (χ4v) is 2.65. The van der Waals surface area contributed by atoms with Gasteiger partial charge in [-0.05, 0) is 60.2 Å². The Kier molecular flexibility index (Phi) is 3.41. The molecule has 1 aliphatic carbocycles. The lowest BCUT2D eigenvalue weighted by molar-refractivity contribution is 0.415. The van der Waals surface area contributed by atoms with Crippen LogP contribution in [-0.2, 0) is 19.4 Å². The van der Waals surface area contributed by atoms with Crippen LogP contribution in [-0.4, -0.2) is 7.11 Å². The molecule has 0 heterocycles. The first kappa shape index (κ1) is 12.1. The van der Waals surface area contributed by atoms with Gasteiger partial charge in [0.05, 0.1) is 7.11 Å². The molecule has 0 radical (unpaired) electrons. The van der Waals surface area contributed by atoms with E-state index < -0.39 is 0 Å². The molecule has 0 saturated heterocycles. The minimum Gasteiger partial charge on any atom is -0.497 e. The molecule has 1 N–H and O–H groups in total. The maximum atomic E-state index is 5.15. The molecule has 0 saturated carbocycles. The number of rotatable bonds is 4. The van der Waals surface area contributed by atoms with E-state index in [9.17, 15) is 0 Å². The van der Waals surface area contributed by atoms with Gasteiger partial charge in [0.25, 0.3) is 0 Å². The van der Waals surface area contributed by atoms with E-state index in [1.807, 2.05) is 24.3 Å². The zero-order valence-corrected chi connectivity index (χ0v) is 11.3. The fourth-order valence-electron chi connectivity index (χ4n) is 2.65. The maximum Gasteiger partial charge on any atom is 0.119 e. The lowest BCUT2D eigenvalue weighted by atomic mass is 10.1. The van der Waals surface area contributed by atoms with Gasteiger partial charge in [-0.3, -0.25) is 0 Å². The van der Waals surface area contributed by atoms with Crippen LogP contribution < -0.4 is 10.1 Å². The van der Waals surface area contributed by atoms with Gasteiger partial charge in [0.1, 0.15) is 5.75 Å². The highest BCUT2D eigenvalue weighted by atomic mass is 16.5. The van der Waals surface area contributed by atoms with Crippen LogP contribution in [0.15, 0.2) is 42.5 Å². The van der Waals surface area contributed by atoms with Gasteiger partial charge in [0.2, 0.25) is 0 Å². The van der Waals surface area contributed by atoms with E-state index in [-0.39, 0.29) is 0 Å². The number of anilines is 1. The van der Waals surface area contributed by atoms with Crippen molar-refractivity contribution in [3.8, 4) is 5.75 Å². The monoisotopic (exact) mass is 253 g/mol. The van der Waals surface area contributed by atoms with Gasteiger partial charge in [0, 0.05) is 12.2 Å². The zero-order valence-electron chi connectivity index (χ0n) is 11.3. The van der Waals surface area contributed by atoms with Crippen LogP contribution in [0.2, 0.25) is 0 Å². The molecule has 19 heavy (non-hydrogen) atoms. The van der Waals surface area contributed by atoms with Gasteiger partial charge in [-0.2, -0.15) is 0 Å². The zero-order chi connectivity index (χ0) is 13.1. The Labute approximate surface area is 114 Å². The number of nitrogens with one attached hydrogen (secondary N) is 1. The van der Waals surface area contributed by atoms with Gasteiger partial charge in [-0.15, -0.1) is 0 Å². The standard InChI is InChI=1S/C17H19NO/c1-19-17-9-7-16(8-10-17)18-12-13-5-6-14-3-2-4-15(14)11-13/h5-11,18H,2-4,12H2,1H3. The largest absolute Gasteiger partial charge is 0.497 e. The molecule has 0 amide bonds. The molecule has 1 aliphatic rings. The number of aryl methyl sites for hydroxylation is 2. The second-order valence-electron chi connectivity index (χ2n) is 5.04. The van der Waals surface area contributed by atoms with Crippen molar-refractivity contribution in [1.29, 1.82) is 0 Å². The van der Waals surface area contributed by atoms with Crippen molar-refractivity contribution < 1.29 is 4.74 Å². The first-order valence-corrected chi connectivity index (χ1v) is 6.84. The summed E-state index contributed by atoms with van der Waals surface area (Å²) in [6.07, 6.45) is 3.80. The minimum atomic E-state index is 0.875. The third kappa shape index (κ3) is 2.73. The number of ether oxygens (including phenoxy) is 1. The lowest BCUT2D eigenvalue weighted by Gasteiger charge is -2.09. The highest BCUT2D eigenvalue weighted by Crippen LogP contribution is 2.23. The molecular weight excluding hydrogens is 234 g/mol. The molecule has 98 valence electrons. The van der Waals surface area contributed by atoms with E-state index in [1.54, 1.807) is 7.11 Å². The van der Waals surface area contributed by atoms with Crippen LogP contribution in [0.1, 0.15) is 23.1 Å². The maximum absolute atomic E-state index is 5.15. The van der Waals surface area contributed by atoms with Gasteiger partial charge < -0.3 is 10.1 Å². The number of hydrogen-bond donors (Lipinski definition) is 1. The summed E-state index contributed by atoms with van der Waals surface area (Å²) >= 11 is 0. The third-order valence-electron chi connectivity index (χ3n) is 3.75. The van der Waals surface area contributed by atoms with Crippen LogP contribution in [0.4, 0.5) is 5.69 Å². The second kappa shape index (κ2) is 5.35. The van der Waals surface area contributed by atoms with Crippen molar-refractivity contribution in [2.75, 3.05) is 12.4 Å². The SMILES string of the molecule is COc1ccc(NCc2ccc3c(c2)CCC3)cc1. The second-order valence-corrected chi connectivity index (χ2v) is 5.04. The Morgan fingerprint density at radius 1 is 1.00 bits per heavy atom. The van der Waals surface area contributed by atoms with Crippen molar-refractivity contribution in [1.82, 2.24) is 0 Å². The summed E-state index contributed by atoms with van der Waals surface area (Å²) in [5.41, 5.74) is 5.56. The average Bonchev–Trinajstić information content (AvgIpc) is 2.93. The number of hydrogen-bond acceptors (Lipinski definition) is 2. The van der Waals surface area contributed by atoms with E-state index in [2.05, 4.69) is 23.5 Å². The molecule has 0 atom stereocenters. The van der Waals surface area contributed by atoms with Crippen LogP contribution >= 0.6 is 0 Å². The normalized spacial score (nSPS) is 13.1. The topological polar surface area (TPSA) is 21.3 Å². The van der Waals surface area contributed by atoms with E-state index in [4.69, 9.17) is 4.74 Å². The van der Waals surface area contributed by atoms with Crippen LogP contribution in [0.3, 0.4) is 0 Å². The summed E-state index contributed by atoms with van der Waals surface area (Å²) in [6.45, 7) is 0.875. The van der Waals surface area contributed by atoms with Gasteiger partial charge in [-0.25, -0.2) is 0 Å². The minimum absolute atomic E-state index is 0.875. The predicted octanol–water partition coefficient (Wildman–Crippen LogP) is 3.80. The first-order valence-electron chi connectivity index (χ1n) is 6.84. The Morgan fingerprint density at radius 2 is 1.79 bits per heavy atom. The summed E-state index contributed by atoms with van der Waals surface area (Å²) in [7, 11) is 1.69. The van der Waals surface area contributed by atoms with Gasteiger partial charge in [0.15, 0.2) is 0 Å². The molecule has 0 aromatic heterocycles. The quantitative estimate of drug-likeness (QED) is 0.895. The Morgan fingerprint density at radius 3 is 2.58 bits per heavy atom. The molecule has 2 aromatic rings. The Hall–Kier alpha value is -1.96. The summed E-state index contributed by atoms with van der Waals surface area (Å²) in [4.78, 5) is 0. The lowest BCUT2D eigenvalue weighted by Crippen LogP contribution is -2.00. The van der Waals surface area contributed by atoms with Crippen LogP contribution in [0, 0.1) is 0 Å². The molecular formula is C17H19NO. The molecule has 2 aromatic carbocycles. The van der Waals surface area contributed by atoms with E-state index >= 15 is 0 Å². The molecule has 0 spiro atoms. The van der Waals surface area contributed by atoms with Crippen molar-refractivity contribution >= 4 is 5.69 Å². The van der Waals surface area contributed by atoms with Crippen molar-refractivity contribution in [3.63, 3.8) is 0 Å². The predicted molar refractivity (Wildman–Crippen MR) is 78.8 cm³/mol. The molecule has 0 fully saturated rings.